The number of amides is 1. The van der Waals surface area contributed by atoms with Gasteiger partial charge in [0.1, 0.15) is 48.4 Å². The molecule has 15 atom stereocenters. The molecule has 7 N–H and O–H groups in total. The molecule has 4 fully saturated rings. The summed E-state index contributed by atoms with van der Waals surface area (Å²) in [5.41, 5.74) is 0. The van der Waals surface area contributed by atoms with Crippen LogP contribution in [-0.4, -0.2) is 147 Å². The first-order valence-electron chi connectivity index (χ1n) is 19.1. The van der Waals surface area contributed by atoms with Crippen molar-refractivity contribution in [3.63, 3.8) is 0 Å². The van der Waals surface area contributed by atoms with Crippen LogP contribution in [-0.2, 0) is 42.9 Å². The highest BCUT2D eigenvalue weighted by molar-refractivity contribution is 5.90. The minimum Gasteiger partial charge on any atom is -0.479 e. The molecule has 2 saturated heterocycles. The van der Waals surface area contributed by atoms with Crippen molar-refractivity contribution in [3.8, 4) is 0 Å². The predicted molar refractivity (Wildman–Crippen MR) is 181 cm³/mol. The Hall–Kier alpha value is -2.33. The maximum Gasteiger partial charge on any atom is 0.449 e. The minimum atomic E-state index is -5.13. The zero-order chi connectivity index (χ0) is 40.8. The van der Waals surface area contributed by atoms with Crippen molar-refractivity contribution in [2.24, 2.45) is 17.8 Å². The van der Waals surface area contributed by atoms with Crippen LogP contribution >= 0.6 is 0 Å². The number of hydrogen-bond acceptors (Lipinski definition) is 14. The minimum absolute atomic E-state index is 0.0264. The van der Waals surface area contributed by atoms with E-state index in [1.807, 2.05) is 0 Å². The molecule has 4 rings (SSSR count). The van der Waals surface area contributed by atoms with Crippen LogP contribution in [0.1, 0.15) is 91.4 Å². The van der Waals surface area contributed by atoms with Crippen molar-refractivity contribution in [2.45, 2.75) is 177 Å². The number of rotatable bonds is 16. The fourth-order valence-electron chi connectivity index (χ4n) is 8.21. The fourth-order valence-corrected chi connectivity index (χ4v) is 8.21. The van der Waals surface area contributed by atoms with E-state index in [0.29, 0.717) is 0 Å². The lowest BCUT2D eigenvalue weighted by Gasteiger charge is -2.49. The van der Waals surface area contributed by atoms with Gasteiger partial charge in [-0.05, 0) is 38.0 Å². The molecule has 0 bridgehead atoms. The van der Waals surface area contributed by atoms with Gasteiger partial charge >= 0.3 is 12.1 Å². The van der Waals surface area contributed by atoms with Crippen molar-refractivity contribution in [1.82, 2.24) is 5.32 Å². The predicted octanol–water partition coefficient (Wildman–Crippen LogP) is 0.893. The third kappa shape index (κ3) is 11.6. The number of aliphatic hydroxyl groups excluding tert-OH is 5. The summed E-state index contributed by atoms with van der Waals surface area (Å²) in [7, 11) is 0. The molecule has 6 unspecified atom stereocenters. The molecule has 4 aliphatic rings. The number of aliphatic hydroxyl groups is 5. The molecule has 0 radical (unpaired) electrons. The Morgan fingerprint density at radius 2 is 1.55 bits per heavy atom. The number of carboxylic acids is 1. The molecular formula is C36H56F3NO15. The van der Waals surface area contributed by atoms with Gasteiger partial charge in [-0.2, -0.15) is 13.2 Å². The van der Waals surface area contributed by atoms with Gasteiger partial charge < -0.3 is 59.6 Å². The van der Waals surface area contributed by atoms with Gasteiger partial charge in [0.15, 0.2) is 18.7 Å². The van der Waals surface area contributed by atoms with E-state index >= 15 is 0 Å². The number of nitrogens with one attached hydrogen (secondary N) is 1. The molecular weight excluding hydrogens is 743 g/mol. The molecule has 0 aromatic rings. The fraction of sp³-hybridized carbons (Fsp3) is 0.889. The molecule has 0 aromatic heterocycles. The first kappa shape index (κ1) is 45.4. The van der Waals surface area contributed by atoms with Crippen LogP contribution in [0.15, 0.2) is 0 Å². The van der Waals surface area contributed by atoms with Crippen molar-refractivity contribution >= 4 is 23.4 Å². The lowest BCUT2D eigenvalue weighted by molar-refractivity contribution is -0.338. The van der Waals surface area contributed by atoms with E-state index in [9.17, 15) is 63.0 Å². The monoisotopic (exact) mass is 799 g/mol. The normalized spacial score (nSPS) is 38.2. The quantitative estimate of drug-likeness (QED) is 0.115. The number of carboxylic acid groups (broad SMARTS) is 1. The SMILES string of the molecule is CCC1CC(C(=O)CCC(=O)C(F)(F)F)C[C@@H](O[C@@H]2O[C@@H](CO)[C@H](O)C(O[C@@H](CC3CCCCC3)C(=O)O)C2NC(C)=O)[C@@H]1O[C@@H]1OC(C)[C@@H](O)[C@H](O)C1O. The summed E-state index contributed by atoms with van der Waals surface area (Å²) in [4.78, 5) is 50.1. The summed E-state index contributed by atoms with van der Waals surface area (Å²) in [5, 5.41) is 65.8. The first-order chi connectivity index (χ1) is 25.9. The number of halogens is 3. The van der Waals surface area contributed by atoms with Crippen LogP contribution in [0.2, 0.25) is 0 Å². The lowest BCUT2D eigenvalue weighted by atomic mass is 9.74. The molecule has 2 aliphatic heterocycles. The van der Waals surface area contributed by atoms with Crippen LogP contribution in [0.3, 0.4) is 0 Å². The number of Topliss-reactive ketones (excluding diaryl/α,β-unsaturated/α-hetero) is 2. The highest BCUT2D eigenvalue weighted by Gasteiger charge is 2.53. The van der Waals surface area contributed by atoms with Crippen LogP contribution in [0.4, 0.5) is 13.2 Å². The van der Waals surface area contributed by atoms with Gasteiger partial charge in [0.2, 0.25) is 11.7 Å². The molecule has 2 aliphatic carbocycles. The van der Waals surface area contributed by atoms with Crippen molar-refractivity contribution in [2.75, 3.05) is 6.61 Å². The standard InChI is InChI=1S/C36H56F3NO15/c1-4-19-13-20(21(43)10-11-25(44)36(37,38)39)14-22(31(19)55-35-30(48)29(47)27(45)16(2)51-35)53-34-26(40-17(3)42)32(28(46)24(15-41)54-34)52-23(33(49)50)12-18-8-6-5-7-9-18/h16,18-20,22-24,26-32,34-35,41,45-48H,4-15H2,1-3H3,(H,40,42)(H,49,50)/t16?,19?,20?,22-,23+,24+,26?,27-,28+,29+,30?,31-,32?,34-,35+/m1/s1. The molecule has 55 heavy (non-hydrogen) atoms. The van der Waals surface area contributed by atoms with Gasteiger partial charge in [-0.15, -0.1) is 0 Å². The Morgan fingerprint density at radius 3 is 2.13 bits per heavy atom. The number of aliphatic carboxylic acids is 1. The number of carbonyl (C=O) groups excluding carboxylic acids is 3. The molecule has 1 amide bonds. The smallest absolute Gasteiger partial charge is 0.449 e. The van der Waals surface area contributed by atoms with E-state index in [1.54, 1.807) is 6.92 Å². The van der Waals surface area contributed by atoms with Crippen LogP contribution < -0.4 is 5.32 Å². The molecule has 2 heterocycles. The van der Waals surface area contributed by atoms with E-state index in [4.69, 9.17) is 23.7 Å². The molecule has 316 valence electrons. The molecule has 2 saturated carbocycles. The van der Waals surface area contributed by atoms with E-state index in [1.165, 1.54) is 6.92 Å². The summed E-state index contributed by atoms with van der Waals surface area (Å²) < 4.78 is 69.3. The Labute approximate surface area is 317 Å². The lowest BCUT2D eigenvalue weighted by Crippen LogP contribution is -2.67. The number of carbonyl (C=O) groups is 4. The van der Waals surface area contributed by atoms with E-state index in [0.717, 1.165) is 39.0 Å². The maximum absolute atomic E-state index is 13.4. The number of ether oxygens (including phenoxy) is 5. The second kappa shape index (κ2) is 19.9. The van der Waals surface area contributed by atoms with E-state index < -0.39 is 141 Å². The van der Waals surface area contributed by atoms with E-state index in [-0.39, 0.29) is 31.6 Å². The van der Waals surface area contributed by atoms with Crippen molar-refractivity contribution in [1.29, 1.82) is 0 Å². The van der Waals surface area contributed by atoms with Crippen LogP contribution in [0.25, 0.3) is 0 Å². The van der Waals surface area contributed by atoms with Crippen LogP contribution in [0.5, 0.6) is 0 Å². The Kier molecular flexibility index (Phi) is 16.4. The number of alkyl halides is 3. The average molecular weight is 800 g/mol. The zero-order valence-electron chi connectivity index (χ0n) is 31.2. The van der Waals surface area contributed by atoms with Crippen molar-refractivity contribution < 1.29 is 86.7 Å². The van der Waals surface area contributed by atoms with Gasteiger partial charge in [-0.25, -0.2) is 4.79 Å². The van der Waals surface area contributed by atoms with Crippen molar-refractivity contribution in [3.05, 3.63) is 0 Å². The Balaban J connectivity index is 1.67. The first-order valence-corrected chi connectivity index (χ1v) is 19.1. The molecule has 19 heteroatoms. The highest BCUT2D eigenvalue weighted by Crippen LogP contribution is 2.40. The second-order valence-corrected chi connectivity index (χ2v) is 15.3. The third-order valence-electron chi connectivity index (χ3n) is 11.3. The van der Waals surface area contributed by atoms with Gasteiger partial charge in [0.25, 0.3) is 0 Å². The van der Waals surface area contributed by atoms with Crippen LogP contribution in [0, 0.1) is 17.8 Å². The molecule has 16 nitrogen and oxygen atoms in total. The van der Waals surface area contributed by atoms with Gasteiger partial charge in [0.05, 0.1) is 24.9 Å². The summed E-state index contributed by atoms with van der Waals surface area (Å²) in [5.74, 6) is -6.26. The van der Waals surface area contributed by atoms with Gasteiger partial charge in [-0.3, -0.25) is 14.4 Å². The Morgan fingerprint density at radius 1 is 0.873 bits per heavy atom. The summed E-state index contributed by atoms with van der Waals surface area (Å²) >= 11 is 0. The zero-order valence-corrected chi connectivity index (χ0v) is 31.2. The summed E-state index contributed by atoms with van der Waals surface area (Å²) in [6.07, 6.45) is -19.7. The number of ketones is 2. The summed E-state index contributed by atoms with van der Waals surface area (Å²) in [6, 6.07) is -1.42. The number of hydrogen-bond donors (Lipinski definition) is 7. The molecule has 0 aromatic carbocycles. The molecule has 0 spiro atoms. The van der Waals surface area contributed by atoms with E-state index in [2.05, 4.69) is 5.32 Å². The van der Waals surface area contributed by atoms with Gasteiger partial charge in [-0.1, -0.05) is 45.4 Å². The second-order valence-electron chi connectivity index (χ2n) is 15.3. The highest BCUT2D eigenvalue weighted by atomic mass is 19.4. The Bertz CT molecular complexity index is 1300. The van der Waals surface area contributed by atoms with Gasteiger partial charge in [0, 0.05) is 25.7 Å². The average Bonchev–Trinajstić information content (AvgIpc) is 3.13. The topological polar surface area (TPSA) is 248 Å². The maximum atomic E-state index is 13.4. The summed E-state index contributed by atoms with van der Waals surface area (Å²) in [6.45, 7) is 3.51. The third-order valence-corrected chi connectivity index (χ3v) is 11.3. The largest absolute Gasteiger partial charge is 0.479 e.